The second-order valence-electron chi connectivity index (χ2n) is 7.26. The van der Waals surface area contributed by atoms with Crippen molar-refractivity contribution in [1.82, 2.24) is 4.31 Å². The molecule has 1 aliphatic heterocycles. The van der Waals surface area contributed by atoms with Gasteiger partial charge in [-0.15, -0.1) is 0 Å². The molecule has 0 atom stereocenters. The molecule has 1 fully saturated rings. The van der Waals surface area contributed by atoms with Crippen molar-refractivity contribution in [3.05, 3.63) is 52.5 Å². The van der Waals surface area contributed by atoms with Gasteiger partial charge in [0.1, 0.15) is 5.75 Å². The monoisotopic (exact) mass is 436 g/mol. The van der Waals surface area contributed by atoms with E-state index in [9.17, 15) is 13.2 Å². The van der Waals surface area contributed by atoms with Crippen molar-refractivity contribution in [2.45, 2.75) is 31.6 Å². The number of nitrogens with one attached hydrogen (secondary N) is 1. The van der Waals surface area contributed by atoms with E-state index < -0.39 is 10.0 Å². The van der Waals surface area contributed by atoms with Crippen molar-refractivity contribution in [3.63, 3.8) is 0 Å². The molecule has 0 aromatic heterocycles. The van der Waals surface area contributed by atoms with Crippen LogP contribution in [0.1, 0.15) is 24.0 Å². The van der Waals surface area contributed by atoms with Crippen LogP contribution in [-0.4, -0.2) is 38.8 Å². The van der Waals surface area contributed by atoms with Crippen molar-refractivity contribution >= 4 is 33.2 Å². The van der Waals surface area contributed by atoms with Gasteiger partial charge in [-0.3, -0.25) is 4.79 Å². The highest BCUT2D eigenvalue weighted by atomic mass is 35.5. The Balaban J connectivity index is 1.64. The summed E-state index contributed by atoms with van der Waals surface area (Å²) < 4.78 is 32.5. The number of nitrogens with zero attached hydrogens (tertiary/aromatic N) is 1. The standard InChI is InChI=1S/C21H25ClN2O4S/c1-14-4-5-17(13-19(14)22)23-21(25)16-8-10-24(11-9-16)29(26,27)18-6-7-20(28-3)15(2)12-18/h4-7,12-13,16H,8-11H2,1-3H3,(H,23,25). The summed E-state index contributed by atoms with van der Waals surface area (Å²) in [6.45, 7) is 4.32. The third-order valence-electron chi connectivity index (χ3n) is 5.27. The van der Waals surface area contributed by atoms with E-state index in [1.807, 2.05) is 26.0 Å². The first-order valence-corrected chi connectivity index (χ1v) is 11.3. The molecule has 0 saturated carbocycles. The van der Waals surface area contributed by atoms with Gasteiger partial charge in [-0.05, 0) is 68.1 Å². The molecule has 6 nitrogen and oxygen atoms in total. The number of hydrogen-bond acceptors (Lipinski definition) is 4. The van der Waals surface area contributed by atoms with Crippen molar-refractivity contribution in [1.29, 1.82) is 0 Å². The molecule has 0 radical (unpaired) electrons. The first-order chi connectivity index (χ1) is 13.7. The van der Waals surface area contributed by atoms with Gasteiger partial charge in [-0.2, -0.15) is 4.31 Å². The number of carbonyl (C=O) groups is 1. The summed E-state index contributed by atoms with van der Waals surface area (Å²) in [5, 5.41) is 3.48. The van der Waals surface area contributed by atoms with Crippen LogP contribution in [0, 0.1) is 19.8 Å². The molecule has 8 heteroatoms. The number of carbonyl (C=O) groups excluding carboxylic acids is 1. The maximum absolute atomic E-state index is 12.9. The molecule has 0 aliphatic carbocycles. The molecule has 156 valence electrons. The molecule has 0 unspecified atom stereocenters. The quantitative estimate of drug-likeness (QED) is 0.768. The van der Waals surface area contributed by atoms with Gasteiger partial charge in [0, 0.05) is 29.7 Å². The summed E-state index contributed by atoms with van der Waals surface area (Å²) >= 11 is 6.11. The zero-order valence-electron chi connectivity index (χ0n) is 16.7. The maximum Gasteiger partial charge on any atom is 0.243 e. The Hall–Kier alpha value is -2.09. The molecular weight excluding hydrogens is 412 g/mol. The maximum atomic E-state index is 12.9. The zero-order chi connectivity index (χ0) is 21.2. The van der Waals surface area contributed by atoms with E-state index in [0.29, 0.717) is 42.4 Å². The average Bonchev–Trinajstić information content (AvgIpc) is 2.70. The molecule has 2 aromatic carbocycles. The fraction of sp³-hybridized carbons (Fsp3) is 0.381. The Kier molecular flexibility index (Phi) is 6.51. The minimum absolute atomic E-state index is 0.109. The van der Waals surface area contributed by atoms with Gasteiger partial charge in [0.2, 0.25) is 15.9 Å². The number of methoxy groups -OCH3 is 1. The lowest BCUT2D eigenvalue weighted by atomic mass is 9.97. The molecule has 1 saturated heterocycles. The van der Waals surface area contributed by atoms with Crippen LogP contribution in [0.15, 0.2) is 41.3 Å². The third-order valence-corrected chi connectivity index (χ3v) is 7.57. The van der Waals surface area contributed by atoms with Crippen molar-refractivity contribution in [3.8, 4) is 5.75 Å². The SMILES string of the molecule is COc1ccc(S(=O)(=O)N2CCC(C(=O)Nc3ccc(C)c(Cl)c3)CC2)cc1C. The molecule has 1 N–H and O–H groups in total. The summed E-state index contributed by atoms with van der Waals surface area (Å²) in [5.74, 6) is 0.303. The van der Waals surface area contributed by atoms with E-state index in [-0.39, 0.29) is 16.7 Å². The minimum Gasteiger partial charge on any atom is -0.496 e. The van der Waals surface area contributed by atoms with Crippen LogP contribution in [0.2, 0.25) is 5.02 Å². The Bertz CT molecular complexity index is 1020. The van der Waals surface area contributed by atoms with Gasteiger partial charge in [-0.25, -0.2) is 8.42 Å². The van der Waals surface area contributed by atoms with Gasteiger partial charge in [-0.1, -0.05) is 17.7 Å². The summed E-state index contributed by atoms with van der Waals surface area (Å²) in [5.41, 5.74) is 2.35. The van der Waals surface area contributed by atoms with Gasteiger partial charge in [0.05, 0.1) is 12.0 Å². The lowest BCUT2D eigenvalue weighted by Gasteiger charge is -2.30. The predicted octanol–water partition coefficient (Wildman–Crippen LogP) is 4.00. The van der Waals surface area contributed by atoms with Crippen LogP contribution in [0.5, 0.6) is 5.75 Å². The number of anilines is 1. The van der Waals surface area contributed by atoms with Crippen LogP contribution in [0.25, 0.3) is 0 Å². The van der Waals surface area contributed by atoms with Gasteiger partial charge >= 0.3 is 0 Å². The lowest BCUT2D eigenvalue weighted by molar-refractivity contribution is -0.120. The molecular formula is C21H25ClN2O4S. The molecule has 0 spiro atoms. The normalized spacial score (nSPS) is 15.9. The Morgan fingerprint density at radius 1 is 1.10 bits per heavy atom. The molecule has 29 heavy (non-hydrogen) atoms. The van der Waals surface area contributed by atoms with Gasteiger partial charge in [0.15, 0.2) is 0 Å². The number of sulfonamides is 1. The van der Waals surface area contributed by atoms with E-state index in [2.05, 4.69) is 5.32 Å². The number of aryl methyl sites for hydroxylation is 2. The molecule has 2 aromatic rings. The first kappa shape index (κ1) is 21.6. The lowest BCUT2D eigenvalue weighted by Crippen LogP contribution is -2.41. The van der Waals surface area contributed by atoms with Crippen molar-refractivity contribution < 1.29 is 17.9 Å². The summed E-state index contributed by atoms with van der Waals surface area (Å²) in [6.07, 6.45) is 0.944. The number of benzene rings is 2. The van der Waals surface area contributed by atoms with Crippen LogP contribution in [-0.2, 0) is 14.8 Å². The fourth-order valence-corrected chi connectivity index (χ4v) is 5.17. The highest BCUT2D eigenvalue weighted by Crippen LogP contribution is 2.28. The summed E-state index contributed by atoms with van der Waals surface area (Å²) in [7, 11) is -2.05. The number of rotatable bonds is 5. The topological polar surface area (TPSA) is 75.7 Å². The Morgan fingerprint density at radius 2 is 1.79 bits per heavy atom. The van der Waals surface area contributed by atoms with E-state index in [0.717, 1.165) is 11.1 Å². The molecule has 1 aliphatic rings. The average molecular weight is 437 g/mol. The molecule has 3 rings (SSSR count). The van der Waals surface area contributed by atoms with Gasteiger partial charge < -0.3 is 10.1 Å². The molecule has 0 bridgehead atoms. The van der Waals surface area contributed by atoms with E-state index in [4.69, 9.17) is 16.3 Å². The smallest absolute Gasteiger partial charge is 0.243 e. The molecule has 1 heterocycles. The van der Waals surface area contributed by atoms with Crippen LogP contribution < -0.4 is 10.1 Å². The highest BCUT2D eigenvalue weighted by molar-refractivity contribution is 7.89. The highest BCUT2D eigenvalue weighted by Gasteiger charge is 2.32. The third kappa shape index (κ3) is 4.74. The zero-order valence-corrected chi connectivity index (χ0v) is 18.3. The number of piperidine rings is 1. The fourth-order valence-electron chi connectivity index (χ4n) is 3.43. The second kappa shape index (κ2) is 8.73. The molecule has 1 amide bonds. The Morgan fingerprint density at radius 3 is 2.38 bits per heavy atom. The van der Waals surface area contributed by atoms with Crippen molar-refractivity contribution in [2.24, 2.45) is 5.92 Å². The summed E-state index contributed by atoms with van der Waals surface area (Å²) in [6, 6.07) is 10.2. The number of ether oxygens (including phenoxy) is 1. The first-order valence-electron chi connectivity index (χ1n) is 9.44. The van der Waals surface area contributed by atoms with Crippen LogP contribution in [0.3, 0.4) is 0 Å². The Labute approximate surface area is 176 Å². The number of amides is 1. The van der Waals surface area contributed by atoms with Gasteiger partial charge in [0.25, 0.3) is 0 Å². The number of hydrogen-bond donors (Lipinski definition) is 1. The predicted molar refractivity (Wildman–Crippen MR) is 114 cm³/mol. The second-order valence-corrected chi connectivity index (χ2v) is 9.61. The summed E-state index contributed by atoms with van der Waals surface area (Å²) in [4.78, 5) is 12.8. The largest absolute Gasteiger partial charge is 0.496 e. The van der Waals surface area contributed by atoms with E-state index in [1.54, 1.807) is 31.4 Å². The van der Waals surface area contributed by atoms with Crippen molar-refractivity contribution in [2.75, 3.05) is 25.5 Å². The van der Waals surface area contributed by atoms with E-state index in [1.165, 1.54) is 4.31 Å². The number of halogens is 1. The van der Waals surface area contributed by atoms with Crippen LogP contribution >= 0.6 is 11.6 Å². The van der Waals surface area contributed by atoms with Crippen LogP contribution in [0.4, 0.5) is 5.69 Å². The van der Waals surface area contributed by atoms with E-state index >= 15 is 0 Å². The minimum atomic E-state index is -3.60.